The first-order chi connectivity index (χ1) is 7.56. The molecule has 0 saturated heterocycles. The maximum Gasteiger partial charge on any atom is 0.305 e. The van der Waals surface area contributed by atoms with Crippen LogP contribution in [-0.2, 0) is 4.79 Å². The Labute approximate surface area is 106 Å². The van der Waals surface area contributed by atoms with Crippen LogP contribution in [0.15, 0.2) is 18.2 Å². The molecule has 0 radical (unpaired) electrons. The molecule has 96 valence electrons. The number of halogens is 1. The van der Waals surface area contributed by atoms with E-state index in [1.165, 1.54) is 14.2 Å². The molecule has 5 nitrogen and oxygen atoms in total. The molecule has 0 aliphatic heterocycles. The summed E-state index contributed by atoms with van der Waals surface area (Å²) in [6.07, 6.45) is -0.129. The summed E-state index contributed by atoms with van der Waals surface area (Å²) in [5.74, 6) is 0.250. The van der Waals surface area contributed by atoms with E-state index < -0.39 is 12.0 Å². The summed E-state index contributed by atoms with van der Waals surface area (Å²) in [6, 6.07) is 4.55. The lowest BCUT2D eigenvalue weighted by Gasteiger charge is -2.12. The molecule has 0 spiro atoms. The summed E-state index contributed by atoms with van der Waals surface area (Å²) in [7, 11) is 3.06. The Bertz CT molecular complexity index is 361. The Kier molecular flexibility index (Phi) is 6.38. The number of hydrogen-bond donors (Lipinski definition) is 2. The number of hydrogen-bond acceptors (Lipinski definition) is 4. The minimum absolute atomic E-state index is 0. The minimum atomic E-state index is -0.936. The molecule has 0 saturated carbocycles. The van der Waals surface area contributed by atoms with Crippen molar-refractivity contribution in [3.05, 3.63) is 23.8 Å². The maximum atomic E-state index is 10.5. The van der Waals surface area contributed by atoms with Crippen molar-refractivity contribution in [3.8, 4) is 11.5 Å². The fourth-order valence-electron chi connectivity index (χ4n) is 1.35. The van der Waals surface area contributed by atoms with Crippen molar-refractivity contribution in [3.63, 3.8) is 0 Å². The first kappa shape index (κ1) is 15.5. The third-order valence-electron chi connectivity index (χ3n) is 2.20. The molecule has 3 N–H and O–H groups in total. The average molecular weight is 262 g/mol. The van der Waals surface area contributed by atoms with E-state index >= 15 is 0 Å². The fourth-order valence-corrected chi connectivity index (χ4v) is 1.35. The van der Waals surface area contributed by atoms with E-state index in [2.05, 4.69) is 0 Å². The molecule has 0 amide bonds. The third-order valence-corrected chi connectivity index (χ3v) is 2.20. The Balaban J connectivity index is 0.00000256. The lowest BCUT2D eigenvalue weighted by Crippen LogP contribution is -2.15. The van der Waals surface area contributed by atoms with E-state index in [1.54, 1.807) is 18.2 Å². The van der Waals surface area contributed by atoms with Crippen LogP contribution in [0.5, 0.6) is 11.5 Å². The predicted octanol–water partition coefficient (Wildman–Crippen LogP) is 1.60. The van der Waals surface area contributed by atoms with Gasteiger partial charge in [-0.05, 0) is 17.7 Å². The van der Waals surface area contributed by atoms with Gasteiger partial charge in [0.25, 0.3) is 0 Å². The molecule has 0 fully saturated rings. The van der Waals surface area contributed by atoms with Crippen LogP contribution in [0.1, 0.15) is 18.0 Å². The number of aliphatic carboxylic acids is 1. The molecule has 1 atom stereocenters. The van der Waals surface area contributed by atoms with Crippen molar-refractivity contribution in [2.24, 2.45) is 5.73 Å². The number of carbonyl (C=O) groups is 1. The van der Waals surface area contributed by atoms with Gasteiger partial charge < -0.3 is 20.3 Å². The van der Waals surface area contributed by atoms with Crippen LogP contribution in [0, 0.1) is 0 Å². The van der Waals surface area contributed by atoms with Crippen molar-refractivity contribution in [1.29, 1.82) is 0 Å². The van der Waals surface area contributed by atoms with Gasteiger partial charge in [0.15, 0.2) is 0 Å². The van der Waals surface area contributed by atoms with Crippen molar-refractivity contribution in [2.45, 2.75) is 12.5 Å². The van der Waals surface area contributed by atoms with Gasteiger partial charge in [-0.3, -0.25) is 4.79 Å². The molecule has 1 aromatic carbocycles. The molecule has 0 aliphatic carbocycles. The van der Waals surface area contributed by atoms with E-state index in [9.17, 15) is 4.79 Å². The highest BCUT2D eigenvalue weighted by Gasteiger charge is 2.13. The zero-order valence-electron chi connectivity index (χ0n) is 9.67. The number of ether oxygens (including phenoxy) is 2. The standard InChI is InChI=1S/C11H15NO4.ClH/c1-15-8-3-7(4-9(5-8)16-2)10(12)6-11(13)14;/h3-5,10H,6,12H2,1-2H3,(H,13,14);1H/t10-;/m0./s1. The molecule has 1 rings (SSSR count). The monoisotopic (exact) mass is 261 g/mol. The third kappa shape index (κ3) is 4.50. The normalized spacial score (nSPS) is 11.2. The molecule has 0 unspecified atom stereocenters. The van der Waals surface area contributed by atoms with Crippen LogP contribution in [0.2, 0.25) is 0 Å². The van der Waals surface area contributed by atoms with Crippen molar-refractivity contribution >= 4 is 18.4 Å². The lowest BCUT2D eigenvalue weighted by atomic mass is 10.0. The van der Waals surface area contributed by atoms with Crippen molar-refractivity contribution < 1.29 is 19.4 Å². The largest absolute Gasteiger partial charge is 0.497 e. The second kappa shape index (κ2) is 6.98. The fraction of sp³-hybridized carbons (Fsp3) is 0.364. The van der Waals surface area contributed by atoms with E-state index in [-0.39, 0.29) is 18.8 Å². The van der Waals surface area contributed by atoms with Crippen molar-refractivity contribution in [2.75, 3.05) is 14.2 Å². The molecule has 6 heteroatoms. The lowest BCUT2D eigenvalue weighted by molar-refractivity contribution is -0.137. The highest BCUT2D eigenvalue weighted by atomic mass is 35.5. The van der Waals surface area contributed by atoms with E-state index in [4.69, 9.17) is 20.3 Å². The maximum absolute atomic E-state index is 10.5. The summed E-state index contributed by atoms with van der Waals surface area (Å²) in [6.45, 7) is 0. The van der Waals surface area contributed by atoms with Crippen LogP contribution in [0.25, 0.3) is 0 Å². The molecule has 17 heavy (non-hydrogen) atoms. The Morgan fingerprint density at radius 1 is 1.29 bits per heavy atom. The van der Waals surface area contributed by atoms with Gasteiger partial charge in [-0.2, -0.15) is 0 Å². The number of methoxy groups -OCH3 is 2. The number of carboxylic acid groups (broad SMARTS) is 1. The van der Waals surface area contributed by atoms with Gasteiger partial charge in [-0.1, -0.05) is 0 Å². The topological polar surface area (TPSA) is 81.8 Å². The SMILES string of the molecule is COc1cc(OC)cc([C@@H](N)CC(=O)O)c1.Cl. The van der Waals surface area contributed by atoms with Gasteiger partial charge in [0, 0.05) is 12.1 Å². The van der Waals surface area contributed by atoms with Gasteiger partial charge >= 0.3 is 5.97 Å². The van der Waals surface area contributed by atoms with Gasteiger partial charge in [0.05, 0.1) is 20.6 Å². The van der Waals surface area contributed by atoms with Gasteiger partial charge in [0.2, 0.25) is 0 Å². The molecular weight excluding hydrogens is 246 g/mol. The zero-order valence-corrected chi connectivity index (χ0v) is 10.5. The average Bonchev–Trinajstić information content (AvgIpc) is 2.27. The summed E-state index contributed by atoms with van der Waals surface area (Å²) < 4.78 is 10.1. The smallest absolute Gasteiger partial charge is 0.305 e. The van der Waals surface area contributed by atoms with E-state index in [0.717, 1.165) is 0 Å². The summed E-state index contributed by atoms with van der Waals surface area (Å²) in [4.78, 5) is 10.5. The molecule has 0 aromatic heterocycles. The van der Waals surface area contributed by atoms with Gasteiger partial charge in [-0.25, -0.2) is 0 Å². The van der Waals surface area contributed by atoms with Crippen LogP contribution in [0.4, 0.5) is 0 Å². The first-order valence-electron chi connectivity index (χ1n) is 4.77. The Hall–Kier alpha value is -1.46. The van der Waals surface area contributed by atoms with Crippen LogP contribution in [0.3, 0.4) is 0 Å². The van der Waals surface area contributed by atoms with E-state index in [0.29, 0.717) is 17.1 Å². The number of benzene rings is 1. The molecule has 0 heterocycles. The Morgan fingerprint density at radius 3 is 2.12 bits per heavy atom. The Morgan fingerprint density at radius 2 is 1.76 bits per heavy atom. The quantitative estimate of drug-likeness (QED) is 0.841. The minimum Gasteiger partial charge on any atom is -0.497 e. The van der Waals surface area contributed by atoms with Crippen LogP contribution >= 0.6 is 12.4 Å². The predicted molar refractivity (Wildman–Crippen MR) is 66.0 cm³/mol. The summed E-state index contributed by atoms with van der Waals surface area (Å²) in [5.41, 5.74) is 6.43. The summed E-state index contributed by atoms with van der Waals surface area (Å²) >= 11 is 0. The second-order valence-corrected chi connectivity index (χ2v) is 3.35. The van der Waals surface area contributed by atoms with Gasteiger partial charge in [-0.15, -0.1) is 12.4 Å². The molecule has 0 bridgehead atoms. The van der Waals surface area contributed by atoms with Crippen LogP contribution in [-0.4, -0.2) is 25.3 Å². The summed E-state index contributed by atoms with van der Waals surface area (Å²) in [5, 5.41) is 8.66. The number of carboxylic acids is 1. The number of rotatable bonds is 5. The van der Waals surface area contributed by atoms with Crippen LogP contribution < -0.4 is 15.2 Å². The molecule has 0 aliphatic rings. The number of nitrogens with two attached hydrogens (primary N) is 1. The second-order valence-electron chi connectivity index (χ2n) is 3.35. The van der Waals surface area contributed by atoms with Crippen molar-refractivity contribution in [1.82, 2.24) is 0 Å². The molecular formula is C11H16ClNO4. The van der Waals surface area contributed by atoms with E-state index in [1.807, 2.05) is 0 Å². The highest BCUT2D eigenvalue weighted by molar-refractivity contribution is 5.85. The molecule has 1 aromatic rings. The zero-order chi connectivity index (χ0) is 12.1. The van der Waals surface area contributed by atoms with Gasteiger partial charge in [0.1, 0.15) is 11.5 Å². The highest BCUT2D eigenvalue weighted by Crippen LogP contribution is 2.26. The first-order valence-corrected chi connectivity index (χ1v) is 4.77.